The largest absolute Gasteiger partial charge is 0.296 e. The molecule has 1 saturated heterocycles. The van der Waals surface area contributed by atoms with Crippen LogP contribution in [0, 0.1) is 5.92 Å². The molecule has 0 amide bonds. The molecule has 22 heavy (non-hydrogen) atoms. The topological polar surface area (TPSA) is 3.24 Å². The van der Waals surface area contributed by atoms with Crippen molar-refractivity contribution in [3.05, 3.63) is 0 Å². The Morgan fingerprint density at radius 1 is 0.773 bits per heavy atom. The second-order valence-electron chi connectivity index (χ2n) is 6.25. The van der Waals surface area contributed by atoms with E-state index >= 15 is 0 Å². The molecule has 1 fully saturated rings. The molecule has 0 aromatic rings. The number of likely N-dealkylation sites (tertiary alicyclic amines) is 1. The van der Waals surface area contributed by atoms with Crippen LogP contribution in [0.2, 0.25) is 0 Å². The Bertz CT molecular complexity index is 176. The van der Waals surface area contributed by atoms with Crippen molar-refractivity contribution in [1.29, 1.82) is 0 Å². The average molecular weight is 324 g/mol. The molecule has 0 spiro atoms. The molecule has 1 heteroatoms. The molecule has 1 nitrogen and oxygen atoms in total. The summed E-state index contributed by atoms with van der Waals surface area (Å²) < 4.78 is 0. The maximum absolute atomic E-state index is 2.56. The van der Waals surface area contributed by atoms with Crippen LogP contribution in [0.4, 0.5) is 0 Å². The Hall–Kier alpha value is -0.0400. The fourth-order valence-electron chi connectivity index (χ4n) is 3.19. The number of nitrogens with zero attached hydrogens (tertiary/aromatic N) is 1. The summed E-state index contributed by atoms with van der Waals surface area (Å²) in [6, 6.07) is 0. The van der Waals surface area contributed by atoms with Gasteiger partial charge in [-0.2, -0.15) is 0 Å². The minimum absolute atomic E-state index is 0. The number of piperidine rings is 1. The van der Waals surface area contributed by atoms with Gasteiger partial charge < -0.3 is 0 Å². The molecule has 0 atom stereocenters. The molecule has 0 saturated carbocycles. The Balaban J connectivity index is -0.0000000540. The van der Waals surface area contributed by atoms with Crippen molar-refractivity contribution in [2.24, 2.45) is 5.92 Å². The zero-order chi connectivity index (χ0) is 13.0. The van der Waals surface area contributed by atoms with Crippen LogP contribution in [-0.2, 0) is 0 Å². The van der Waals surface area contributed by atoms with Crippen LogP contribution in [0.15, 0.2) is 0 Å². The Morgan fingerprint density at radius 2 is 1.05 bits per heavy atom. The highest BCUT2D eigenvalue weighted by atomic mass is 15.2. The first-order valence-electron chi connectivity index (χ1n) is 7.03. The lowest BCUT2D eigenvalue weighted by molar-refractivity contribution is -0.0317. The van der Waals surface area contributed by atoms with Gasteiger partial charge in [-0.15, -0.1) is 0 Å². The van der Waals surface area contributed by atoms with Crippen molar-refractivity contribution in [2.75, 3.05) is 7.05 Å². The van der Waals surface area contributed by atoms with Gasteiger partial charge in [0.1, 0.15) is 0 Å². The molecule has 0 radical (unpaired) electrons. The second-order valence-corrected chi connectivity index (χ2v) is 6.25. The van der Waals surface area contributed by atoms with E-state index in [9.17, 15) is 0 Å². The van der Waals surface area contributed by atoms with Crippen molar-refractivity contribution in [1.82, 2.24) is 4.90 Å². The van der Waals surface area contributed by atoms with Crippen molar-refractivity contribution >= 4 is 0 Å². The first kappa shape index (κ1) is 43.1. The van der Waals surface area contributed by atoms with E-state index in [0.29, 0.717) is 11.1 Å². The van der Waals surface area contributed by atoms with Gasteiger partial charge in [0.15, 0.2) is 0 Å². The van der Waals surface area contributed by atoms with Crippen molar-refractivity contribution < 1.29 is 0 Å². The van der Waals surface area contributed by atoms with Crippen molar-refractivity contribution in [3.8, 4) is 0 Å². The fourth-order valence-corrected chi connectivity index (χ4v) is 3.19. The summed E-state index contributed by atoms with van der Waals surface area (Å²) in [5.74, 6) is 0.932. The molecule has 1 aliphatic rings. The highest BCUT2D eigenvalue weighted by Crippen LogP contribution is 2.41. The van der Waals surface area contributed by atoms with Crippen LogP contribution in [0.1, 0.15) is 119 Å². The summed E-state index contributed by atoms with van der Waals surface area (Å²) in [5, 5.41) is 0. The maximum atomic E-state index is 2.56. The maximum Gasteiger partial charge on any atom is 0.0158 e. The molecule has 0 N–H and O–H groups in total. The molecular weight excluding hydrogens is 266 g/mol. The SMILES string of the molecule is C.C.C.C.C.C.CC.CCCC1CC(C)(C)N(C)C(C)(C)C1. The van der Waals surface area contributed by atoms with Gasteiger partial charge in [0.2, 0.25) is 0 Å². The van der Waals surface area contributed by atoms with E-state index in [4.69, 9.17) is 0 Å². The summed E-state index contributed by atoms with van der Waals surface area (Å²) >= 11 is 0. The minimum atomic E-state index is 0. The zero-order valence-electron chi connectivity index (χ0n) is 12.9. The third-order valence-corrected chi connectivity index (χ3v) is 4.09. The van der Waals surface area contributed by atoms with Crippen LogP contribution < -0.4 is 0 Å². The van der Waals surface area contributed by atoms with Gasteiger partial charge >= 0.3 is 0 Å². The van der Waals surface area contributed by atoms with E-state index in [2.05, 4.69) is 46.6 Å². The average Bonchev–Trinajstić information content (AvgIpc) is 2.17. The lowest BCUT2D eigenvalue weighted by Gasteiger charge is -2.53. The van der Waals surface area contributed by atoms with E-state index in [1.807, 2.05) is 13.8 Å². The molecule has 0 aromatic carbocycles. The van der Waals surface area contributed by atoms with Crippen LogP contribution in [0.5, 0.6) is 0 Å². The summed E-state index contributed by atoms with van der Waals surface area (Å²) in [6.45, 7) is 15.8. The highest BCUT2D eigenvalue weighted by Gasteiger charge is 2.42. The Labute approximate surface area is 148 Å². The van der Waals surface area contributed by atoms with E-state index in [1.54, 1.807) is 0 Å². The molecule has 1 rings (SSSR count). The summed E-state index contributed by atoms with van der Waals surface area (Å²) in [4.78, 5) is 2.56. The standard InChI is InChI=1S/C13H27N.C2H6.6CH4/c1-7-8-11-9-12(2,3)14(6)13(4,5)10-11;1-2;;;;;;/h11H,7-10H2,1-6H3;1-2H3;6*1H4. The third-order valence-electron chi connectivity index (χ3n) is 4.09. The van der Waals surface area contributed by atoms with Crippen LogP contribution >= 0.6 is 0 Å². The van der Waals surface area contributed by atoms with Crippen LogP contribution in [0.3, 0.4) is 0 Å². The molecule has 146 valence electrons. The summed E-state index contributed by atoms with van der Waals surface area (Å²) in [6.07, 6.45) is 5.46. The van der Waals surface area contributed by atoms with Crippen LogP contribution in [0.25, 0.3) is 0 Å². The second kappa shape index (κ2) is 17.3. The first-order chi connectivity index (χ1) is 7.29. The fraction of sp³-hybridized carbons (Fsp3) is 1.00. The molecule has 0 unspecified atom stereocenters. The van der Waals surface area contributed by atoms with E-state index in [0.717, 1.165) is 5.92 Å². The number of hydrogen-bond donors (Lipinski definition) is 0. The highest BCUT2D eigenvalue weighted by molar-refractivity contribution is 4.97. The van der Waals surface area contributed by atoms with Gasteiger partial charge in [0.05, 0.1) is 0 Å². The van der Waals surface area contributed by atoms with E-state index < -0.39 is 0 Å². The van der Waals surface area contributed by atoms with Crippen LogP contribution in [-0.4, -0.2) is 23.0 Å². The van der Waals surface area contributed by atoms with Crippen molar-refractivity contribution in [3.63, 3.8) is 0 Å². The van der Waals surface area contributed by atoms with E-state index in [-0.39, 0.29) is 44.6 Å². The first-order valence-corrected chi connectivity index (χ1v) is 7.03. The predicted molar refractivity (Wildman–Crippen MR) is 115 cm³/mol. The molecule has 1 aliphatic heterocycles. The quantitative estimate of drug-likeness (QED) is 0.492. The molecule has 1 heterocycles. The predicted octanol–water partition coefficient (Wildman–Crippen LogP) is 8.53. The Kier molecular flexibility index (Phi) is 33.9. The monoisotopic (exact) mass is 323 g/mol. The van der Waals surface area contributed by atoms with Gasteiger partial charge in [0, 0.05) is 11.1 Å². The molecule has 0 bridgehead atoms. The number of rotatable bonds is 2. The van der Waals surface area contributed by atoms with Gasteiger partial charge in [-0.1, -0.05) is 78.2 Å². The Morgan fingerprint density at radius 3 is 1.27 bits per heavy atom. The molecular formula is C21H57N. The van der Waals surface area contributed by atoms with Gasteiger partial charge in [-0.3, -0.25) is 4.90 Å². The third kappa shape index (κ3) is 11.5. The minimum Gasteiger partial charge on any atom is -0.296 e. The lowest BCUT2D eigenvalue weighted by Crippen LogP contribution is -2.58. The summed E-state index contributed by atoms with van der Waals surface area (Å²) in [5.41, 5.74) is 0.753. The smallest absolute Gasteiger partial charge is 0.0158 e. The van der Waals surface area contributed by atoms with Crippen molar-refractivity contribution in [2.45, 2.75) is 130 Å². The van der Waals surface area contributed by atoms with Gasteiger partial charge in [-0.25, -0.2) is 0 Å². The molecule has 0 aliphatic carbocycles. The number of hydrogen-bond acceptors (Lipinski definition) is 1. The van der Waals surface area contributed by atoms with Gasteiger partial charge in [-0.05, 0) is 53.5 Å². The summed E-state index contributed by atoms with van der Waals surface area (Å²) in [7, 11) is 2.28. The normalized spacial score (nSPS) is 18.0. The zero-order valence-corrected chi connectivity index (χ0v) is 12.9. The van der Waals surface area contributed by atoms with E-state index in [1.165, 1.54) is 25.7 Å². The lowest BCUT2D eigenvalue weighted by atomic mass is 9.73. The molecule has 0 aromatic heterocycles. The van der Waals surface area contributed by atoms with Gasteiger partial charge in [0.25, 0.3) is 0 Å².